The molecule has 0 aliphatic heterocycles. The lowest BCUT2D eigenvalue weighted by molar-refractivity contribution is -0.384. The Hall–Kier alpha value is -3.51. The Bertz CT molecular complexity index is 1140. The van der Waals surface area contributed by atoms with Crippen LogP contribution in [0.25, 0.3) is 21.7 Å². The fraction of sp³-hybridized carbons (Fsp3) is 0. The molecular formula is C20H15ClN4O2. The van der Waals surface area contributed by atoms with Gasteiger partial charge in [-0.2, -0.15) is 5.10 Å². The Morgan fingerprint density at radius 2 is 1.52 bits per heavy atom. The van der Waals surface area contributed by atoms with E-state index in [2.05, 4.69) is 27.6 Å². The van der Waals surface area contributed by atoms with Crippen molar-refractivity contribution in [1.82, 2.24) is 4.98 Å². The van der Waals surface area contributed by atoms with E-state index in [0.29, 0.717) is 5.82 Å². The third-order valence-electron chi connectivity index (χ3n) is 4.10. The topological polar surface area (TPSA) is 80.4 Å². The summed E-state index contributed by atoms with van der Waals surface area (Å²) in [5.74, 6) is 0.664. The summed E-state index contributed by atoms with van der Waals surface area (Å²) in [6.45, 7) is 0. The molecule has 1 aromatic heterocycles. The number of para-hydroxylation sites is 1. The molecule has 0 unspecified atom stereocenters. The van der Waals surface area contributed by atoms with E-state index in [-0.39, 0.29) is 18.1 Å². The molecule has 4 rings (SSSR count). The fourth-order valence-corrected chi connectivity index (χ4v) is 2.84. The molecule has 0 saturated carbocycles. The van der Waals surface area contributed by atoms with Gasteiger partial charge in [0, 0.05) is 22.9 Å². The first-order valence-corrected chi connectivity index (χ1v) is 8.03. The van der Waals surface area contributed by atoms with E-state index in [1.165, 1.54) is 12.1 Å². The summed E-state index contributed by atoms with van der Waals surface area (Å²) in [5, 5.41) is 18.1. The van der Waals surface area contributed by atoms with Gasteiger partial charge in [0.25, 0.3) is 5.69 Å². The number of non-ortho nitro benzene ring substituents is 1. The number of fused-ring (bicyclic) bond motifs is 3. The fourth-order valence-electron chi connectivity index (χ4n) is 2.84. The Kier molecular flexibility index (Phi) is 5.28. The SMILES string of the molecule is Cl.O=[N+]([O-])c1ccc(/C=N/Nc2nc3ccccc3c3ccccc23)cc1. The van der Waals surface area contributed by atoms with Gasteiger partial charge in [0.05, 0.1) is 16.7 Å². The molecule has 27 heavy (non-hydrogen) atoms. The third kappa shape index (κ3) is 3.70. The molecule has 1 heterocycles. The van der Waals surface area contributed by atoms with Crippen LogP contribution in [-0.4, -0.2) is 16.1 Å². The lowest BCUT2D eigenvalue weighted by Gasteiger charge is -2.08. The molecule has 3 aromatic carbocycles. The van der Waals surface area contributed by atoms with Gasteiger partial charge in [0.1, 0.15) is 0 Å². The van der Waals surface area contributed by atoms with Crippen LogP contribution >= 0.6 is 12.4 Å². The third-order valence-corrected chi connectivity index (χ3v) is 4.10. The molecule has 1 N–H and O–H groups in total. The van der Waals surface area contributed by atoms with Crippen LogP contribution in [0, 0.1) is 10.1 Å². The summed E-state index contributed by atoms with van der Waals surface area (Å²) in [7, 11) is 0. The van der Waals surface area contributed by atoms with Crippen LogP contribution < -0.4 is 5.43 Å². The van der Waals surface area contributed by atoms with Crippen molar-refractivity contribution < 1.29 is 4.92 Å². The van der Waals surface area contributed by atoms with E-state index >= 15 is 0 Å². The number of nitrogens with one attached hydrogen (secondary N) is 1. The number of anilines is 1. The van der Waals surface area contributed by atoms with Crippen molar-refractivity contribution in [3.63, 3.8) is 0 Å². The van der Waals surface area contributed by atoms with Gasteiger partial charge in [0.2, 0.25) is 0 Å². The molecule has 0 atom stereocenters. The summed E-state index contributed by atoms with van der Waals surface area (Å²) in [6.07, 6.45) is 1.61. The highest BCUT2D eigenvalue weighted by molar-refractivity contribution is 6.10. The van der Waals surface area contributed by atoms with Crippen molar-refractivity contribution in [2.75, 3.05) is 5.43 Å². The van der Waals surface area contributed by atoms with Crippen LogP contribution in [0.1, 0.15) is 5.56 Å². The molecule has 4 aromatic rings. The van der Waals surface area contributed by atoms with E-state index in [4.69, 9.17) is 0 Å². The van der Waals surface area contributed by atoms with E-state index in [0.717, 1.165) is 27.2 Å². The molecular weight excluding hydrogens is 364 g/mol. The second-order valence-corrected chi connectivity index (χ2v) is 5.74. The first-order valence-electron chi connectivity index (χ1n) is 8.03. The number of nitro benzene ring substituents is 1. The number of benzene rings is 3. The first-order chi connectivity index (χ1) is 12.7. The highest BCUT2D eigenvalue weighted by Crippen LogP contribution is 2.28. The van der Waals surface area contributed by atoms with Crippen LogP contribution in [0.3, 0.4) is 0 Å². The van der Waals surface area contributed by atoms with Gasteiger partial charge in [-0.3, -0.25) is 15.5 Å². The number of hydrogen-bond acceptors (Lipinski definition) is 5. The van der Waals surface area contributed by atoms with Gasteiger partial charge in [-0.25, -0.2) is 4.98 Å². The number of nitro groups is 1. The first kappa shape index (κ1) is 18.3. The quantitative estimate of drug-likeness (QED) is 0.230. The van der Waals surface area contributed by atoms with E-state index < -0.39 is 4.92 Å². The zero-order valence-corrected chi connectivity index (χ0v) is 14.9. The van der Waals surface area contributed by atoms with E-state index in [9.17, 15) is 10.1 Å². The molecule has 134 valence electrons. The van der Waals surface area contributed by atoms with Gasteiger partial charge < -0.3 is 0 Å². The Morgan fingerprint density at radius 1 is 0.889 bits per heavy atom. The van der Waals surface area contributed by atoms with Gasteiger partial charge in [-0.05, 0) is 29.1 Å². The van der Waals surface area contributed by atoms with Gasteiger partial charge in [-0.15, -0.1) is 12.4 Å². The number of rotatable bonds is 4. The van der Waals surface area contributed by atoms with Crippen molar-refractivity contribution in [2.45, 2.75) is 0 Å². The van der Waals surface area contributed by atoms with Crippen molar-refractivity contribution in [2.24, 2.45) is 5.10 Å². The van der Waals surface area contributed by atoms with Crippen LogP contribution in [0.2, 0.25) is 0 Å². The monoisotopic (exact) mass is 378 g/mol. The van der Waals surface area contributed by atoms with Crippen LogP contribution in [0.15, 0.2) is 77.9 Å². The standard InChI is InChI=1S/C20H14N4O2.ClH/c25-24(26)15-11-9-14(10-12-15)13-21-23-20-18-7-2-1-5-16(18)17-6-3-4-8-19(17)22-20;/h1-13H,(H,22,23);1H/b21-13+;. The van der Waals surface area contributed by atoms with Crippen LogP contribution in [0.5, 0.6) is 0 Å². The molecule has 0 fully saturated rings. The molecule has 6 nitrogen and oxygen atoms in total. The van der Waals surface area contributed by atoms with Crippen molar-refractivity contribution in [3.05, 3.63) is 88.5 Å². The molecule has 0 amide bonds. The van der Waals surface area contributed by atoms with Gasteiger partial charge in [-0.1, -0.05) is 42.5 Å². The van der Waals surface area contributed by atoms with Gasteiger partial charge >= 0.3 is 0 Å². The minimum absolute atomic E-state index is 0. The van der Waals surface area contributed by atoms with E-state index in [1.54, 1.807) is 18.3 Å². The molecule has 0 spiro atoms. The average molecular weight is 379 g/mol. The second-order valence-electron chi connectivity index (χ2n) is 5.74. The minimum Gasteiger partial charge on any atom is -0.261 e. The van der Waals surface area contributed by atoms with Crippen molar-refractivity contribution >= 4 is 51.8 Å². The Balaban J connectivity index is 0.00000210. The highest BCUT2D eigenvalue weighted by Gasteiger charge is 2.07. The molecule has 7 heteroatoms. The normalized spacial score (nSPS) is 10.8. The second kappa shape index (κ2) is 7.80. The maximum atomic E-state index is 10.7. The summed E-state index contributed by atoms with van der Waals surface area (Å²) < 4.78 is 0. The summed E-state index contributed by atoms with van der Waals surface area (Å²) >= 11 is 0. The van der Waals surface area contributed by atoms with Crippen LogP contribution in [-0.2, 0) is 0 Å². The van der Waals surface area contributed by atoms with Gasteiger partial charge in [0.15, 0.2) is 5.82 Å². The molecule has 0 aliphatic carbocycles. The number of hydrogen-bond donors (Lipinski definition) is 1. The predicted molar refractivity (Wildman–Crippen MR) is 111 cm³/mol. The Labute approximate surface area is 161 Å². The maximum absolute atomic E-state index is 10.7. The number of halogens is 1. The maximum Gasteiger partial charge on any atom is 0.269 e. The Morgan fingerprint density at radius 3 is 2.22 bits per heavy atom. The largest absolute Gasteiger partial charge is 0.269 e. The number of pyridine rings is 1. The highest BCUT2D eigenvalue weighted by atomic mass is 35.5. The van der Waals surface area contributed by atoms with Crippen LogP contribution in [0.4, 0.5) is 11.5 Å². The van der Waals surface area contributed by atoms with Crippen molar-refractivity contribution in [1.29, 1.82) is 0 Å². The lowest BCUT2D eigenvalue weighted by Crippen LogP contribution is -1.96. The zero-order chi connectivity index (χ0) is 17.9. The summed E-state index contributed by atoms with van der Waals surface area (Å²) in [5.41, 5.74) is 4.69. The molecule has 0 bridgehead atoms. The predicted octanol–water partition coefficient (Wildman–Crippen LogP) is 5.16. The number of hydrazone groups is 1. The minimum atomic E-state index is -0.426. The number of aromatic nitrogens is 1. The molecule has 0 radical (unpaired) electrons. The summed E-state index contributed by atoms with van der Waals surface area (Å²) in [6, 6.07) is 22.2. The number of nitrogens with zero attached hydrogens (tertiary/aromatic N) is 3. The van der Waals surface area contributed by atoms with E-state index in [1.807, 2.05) is 36.4 Å². The average Bonchev–Trinajstić information content (AvgIpc) is 2.68. The zero-order valence-electron chi connectivity index (χ0n) is 14.1. The molecule has 0 aliphatic rings. The molecule has 0 saturated heterocycles. The lowest BCUT2D eigenvalue weighted by atomic mass is 10.1. The van der Waals surface area contributed by atoms with Crippen molar-refractivity contribution in [3.8, 4) is 0 Å². The summed E-state index contributed by atoms with van der Waals surface area (Å²) in [4.78, 5) is 14.9. The smallest absolute Gasteiger partial charge is 0.261 e.